The van der Waals surface area contributed by atoms with Crippen molar-refractivity contribution in [1.29, 1.82) is 0 Å². The number of hydrogen-bond donors (Lipinski definition) is 0. The van der Waals surface area contributed by atoms with Crippen LogP contribution in [0.25, 0.3) is 0 Å². The van der Waals surface area contributed by atoms with Gasteiger partial charge < -0.3 is 0 Å². The van der Waals surface area contributed by atoms with Crippen molar-refractivity contribution in [2.24, 2.45) is 0 Å². The van der Waals surface area contributed by atoms with Crippen LogP contribution in [0.4, 0.5) is 0 Å². The Morgan fingerprint density at radius 2 is 1.13 bits per heavy atom. The molecule has 2 heteroatoms. The van der Waals surface area contributed by atoms with Crippen LogP contribution in [0.15, 0.2) is 109 Å². The second-order valence-electron chi connectivity index (χ2n) is 11.8. The standard InChI is InChI=1S/C37H44P2/c1-29(38(30-17-6-2-7-18-30)31-19-8-3-9-20-31)34-26-16-27-35(34)36-25-14-15-28-37(36)39(32-21-10-4-11-22-32)33-23-12-5-13-24-33/h4-5,10-16,21-31,35H,2-3,6-9,17-20H2,1H3/t29-,35?/m1/s1. The summed E-state index contributed by atoms with van der Waals surface area (Å²) in [5.41, 5.74) is 5.91. The summed E-state index contributed by atoms with van der Waals surface area (Å²) in [5, 5.41) is 4.41. The molecule has 2 fully saturated rings. The van der Waals surface area contributed by atoms with Crippen molar-refractivity contribution >= 4 is 31.8 Å². The van der Waals surface area contributed by atoms with Gasteiger partial charge in [-0.05, 0) is 72.1 Å². The SMILES string of the molecule is C[C@H](C1=CC=CC1c1ccccc1P(c1ccccc1)c1ccccc1)P(C1CCCCC1)C1CCCCC1. The van der Waals surface area contributed by atoms with Crippen LogP contribution in [0.3, 0.4) is 0 Å². The fourth-order valence-electron chi connectivity index (χ4n) is 7.57. The van der Waals surface area contributed by atoms with Crippen LogP contribution >= 0.6 is 15.8 Å². The molecular weight excluding hydrogens is 506 g/mol. The van der Waals surface area contributed by atoms with E-state index in [1.165, 1.54) is 85.7 Å². The maximum Gasteiger partial charge on any atom is 0.0247 e. The maximum absolute atomic E-state index is 2.64. The third-order valence-corrected chi connectivity index (χ3v) is 15.8. The Morgan fingerprint density at radius 1 is 0.615 bits per heavy atom. The fraction of sp³-hybridized carbons (Fsp3) is 0.405. The molecule has 0 amide bonds. The summed E-state index contributed by atoms with van der Waals surface area (Å²) >= 11 is 0. The normalized spacial score (nSPS) is 21.4. The Kier molecular flexibility index (Phi) is 9.14. The van der Waals surface area contributed by atoms with E-state index in [-0.39, 0.29) is 7.92 Å². The number of rotatable bonds is 8. The second-order valence-corrected chi connectivity index (χ2v) is 17.1. The van der Waals surface area contributed by atoms with E-state index in [4.69, 9.17) is 0 Å². The highest BCUT2D eigenvalue weighted by molar-refractivity contribution is 7.79. The Balaban J connectivity index is 1.37. The molecule has 0 spiro atoms. The zero-order valence-electron chi connectivity index (χ0n) is 23.6. The molecule has 0 saturated heterocycles. The van der Waals surface area contributed by atoms with E-state index in [0.717, 1.165) is 11.3 Å². The number of hydrogen-bond acceptors (Lipinski definition) is 0. The first-order chi connectivity index (χ1) is 19.3. The highest BCUT2D eigenvalue weighted by Crippen LogP contribution is 2.62. The van der Waals surface area contributed by atoms with Gasteiger partial charge in [0, 0.05) is 5.92 Å². The van der Waals surface area contributed by atoms with Crippen molar-refractivity contribution in [2.75, 3.05) is 0 Å². The van der Waals surface area contributed by atoms with Gasteiger partial charge >= 0.3 is 0 Å². The highest BCUT2D eigenvalue weighted by atomic mass is 31.1. The minimum absolute atomic E-state index is 0.00183. The van der Waals surface area contributed by atoms with E-state index >= 15 is 0 Å². The smallest absolute Gasteiger partial charge is 0.0247 e. The minimum atomic E-state index is -0.617. The summed E-state index contributed by atoms with van der Waals surface area (Å²) in [4.78, 5) is 0. The molecule has 3 aliphatic carbocycles. The highest BCUT2D eigenvalue weighted by Gasteiger charge is 2.38. The van der Waals surface area contributed by atoms with E-state index in [1.54, 1.807) is 5.57 Å². The van der Waals surface area contributed by atoms with Crippen LogP contribution in [-0.4, -0.2) is 17.0 Å². The monoisotopic (exact) mass is 550 g/mol. The summed E-state index contributed by atoms with van der Waals surface area (Å²) < 4.78 is 0. The second kappa shape index (κ2) is 13.1. The predicted octanol–water partition coefficient (Wildman–Crippen LogP) is 9.56. The molecule has 0 aromatic heterocycles. The predicted molar refractivity (Wildman–Crippen MR) is 175 cm³/mol. The van der Waals surface area contributed by atoms with Gasteiger partial charge in [-0.25, -0.2) is 0 Å². The lowest BCUT2D eigenvalue weighted by atomic mass is 9.92. The molecule has 0 heterocycles. The average molecular weight is 551 g/mol. The van der Waals surface area contributed by atoms with E-state index in [1.807, 2.05) is 0 Å². The Hall–Kier alpha value is -2.00. The molecule has 3 aromatic carbocycles. The van der Waals surface area contributed by atoms with Crippen LogP contribution in [0.1, 0.15) is 82.6 Å². The molecule has 3 aliphatic rings. The van der Waals surface area contributed by atoms with Crippen LogP contribution in [0.5, 0.6) is 0 Å². The Morgan fingerprint density at radius 3 is 1.69 bits per heavy atom. The Bertz CT molecular complexity index is 1190. The molecule has 0 radical (unpaired) electrons. The first-order valence-electron chi connectivity index (χ1n) is 15.5. The molecule has 202 valence electrons. The minimum Gasteiger partial charge on any atom is -0.0932 e. The molecule has 2 saturated carbocycles. The van der Waals surface area contributed by atoms with Gasteiger partial charge in [-0.15, -0.1) is 0 Å². The summed E-state index contributed by atoms with van der Waals surface area (Å²) in [5.74, 6) is 0.408. The quantitative estimate of drug-likeness (QED) is 0.245. The van der Waals surface area contributed by atoms with Gasteiger partial charge in [0.15, 0.2) is 0 Å². The van der Waals surface area contributed by atoms with Gasteiger partial charge in [0.05, 0.1) is 0 Å². The summed E-state index contributed by atoms with van der Waals surface area (Å²) in [6.45, 7) is 2.64. The lowest BCUT2D eigenvalue weighted by molar-refractivity contribution is 0.482. The first-order valence-corrected chi connectivity index (χ1v) is 18.4. The zero-order chi connectivity index (χ0) is 26.4. The molecule has 2 atom stereocenters. The Labute approximate surface area is 239 Å². The molecule has 0 bridgehead atoms. The molecule has 39 heavy (non-hydrogen) atoms. The van der Waals surface area contributed by atoms with Crippen LogP contribution < -0.4 is 15.9 Å². The fourth-order valence-corrected chi connectivity index (χ4v) is 14.4. The molecule has 1 unspecified atom stereocenters. The number of allylic oxidation sites excluding steroid dienone is 4. The lowest BCUT2D eigenvalue weighted by Gasteiger charge is -2.43. The third-order valence-electron chi connectivity index (χ3n) is 9.42. The van der Waals surface area contributed by atoms with Gasteiger partial charge in [-0.3, -0.25) is 0 Å². The number of benzene rings is 3. The zero-order valence-corrected chi connectivity index (χ0v) is 25.4. The topological polar surface area (TPSA) is 0 Å². The molecule has 0 aliphatic heterocycles. The van der Waals surface area contributed by atoms with Crippen molar-refractivity contribution in [2.45, 2.75) is 94.0 Å². The summed E-state index contributed by atoms with van der Waals surface area (Å²) in [7, 11) is -0.618. The van der Waals surface area contributed by atoms with Crippen molar-refractivity contribution in [3.8, 4) is 0 Å². The maximum atomic E-state index is 2.64. The van der Waals surface area contributed by atoms with E-state index in [2.05, 4.69) is 110 Å². The molecular formula is C37H44P2. The van der Waals surface area contributed by atoms with Gasteiger partial charge in [0.1, 0.15) is 0 Å². The van der Waals surface area contributed by atoms with Gasteiger partial charge in [0.2, 0.25) is 0 Å². The van der Waals surface area contributed by atoms with Crippen LogP contribution in [0.2, 0.25) is 0 Å². The summed E-state index contributed by atoms with van der Waals surface area (Å²) in [6, 6.07) is 31.9. The van der Waals surface area contributed by atoms with E-state index < -0.39 is 7.92 Å². The van der Waals surface area contributed by atoms with Crippen LogP contribution in [0, 0.1) is 0 Å². The molecule has 0 nitrogen and oxygen atoms in total. The van der Waals surface area contributed by atoms with Crippen molar-refractivity contribution < 1.29 is 0 Å². The van der Waals surface area contributed by atoms with Crippen molar-refractivity contribution in [3.05, 3.63) is 114 Å². The van der Waals surface area contributed by atoms with E-state index in [9.17, 15) is 0 Å². The van der Waals surface area contributed by atoms with Gasteiger partial charge in [-0.2, -0.15) is 0 Å². The third kappa shape index (κ3) is 6.04. The van der Waals surface area contributed by atoms with Gasteiger partial charge in [-0.1, -0.05) is 162 Å². The average Bonchev–Trinajstić information content (AvgIpc) is 3.50. The summed E-state index contributed by atoms with van der Waals surface area (Å²) in [6.07, 6.45) is 22.2. The van der Waals surface area contributed by atoms with Gasteiger partial charge in [0.25, 0.3) is 0 Å². The largest absolute Gasteiger partial charge is 0.0932 e. The molecule has 0 N–H and O–H groups in total. The molecule has 6 rings (SSSR count). The lowest BCUT2D eigenvalue weighted by Crippen LogP contribution is -2.29. The van der Waals surface area contributed by atoms with Crippen LogP contribution in [-0.2, 0) is 0 Å². The van der Waals surface area contributed by atoms with Crippen molar-refractivity contribution in [1.82, 2.24) is 0 Å². The van der Waals surface area contributed by atoms with E-state index in [0.29, 0.717) is 11.6 Å². The first kappa shape index (κ1) is 27.2. The molecule has 3 aromatic rings. The van der Waals surface area contributed by atoms with Crippen molar-refractivity contribution in [3.63, 3.8) is 0 Å².